The molecule has 0 saturated heterocycles. The van der Waals surface area contributed by atoms with E-state index in [-0.39, 0.29) is 29.6 Å². The van der Waals surface area contributed by atoms with Gasteiger partial charge in [-0.1, -0.05) is 24.6 Å². The highest BCUT2D eigenvalue weighted by molar-refractivity contribution is 7.79. The fraction of sp³-hybridized carbons (Fsp3) is 0.576. The van der Waals surface area contributed by atoms with Crippen LogP contribution in [0.2, 0.25) is 5.02 Å². The van der Waals surface area contributed by atoms with Gasteiger partial charge in [0.25, 0.3) is 0 Å². The molecule has 1 unspecified atom stereocenters. The Morgan fingerprint density at radius 1 is 1.21 bits per heavy atom. The Hall–Kier alpha value is -2.62. The summed E-state index contributed by atoms with van der Waals surface area (Å²) in [5.74, 6) is 0.920. The summed E-state index contributed by atoms with van der Waals surface area (Å²) < 4.78 is 32.5. The lowest BCUT2D eigenvalue weighted by Crippen LogP contribution is -2.49. The minimum absolute atomic E-state index is 0.00288. The average molecular weight is 631 g/mol. The van der Waals surface area contributed by atoms with E-state index >= 15 is 0 Å². The number of nitrogens with zero attached hydrogens (tertiary/aromatic N) is 2. The van der Waals surface area contributed by atoms with Gasteiger partial charge in [-0.05, 0) is 98.2 Å². The molecule has 234 valence electrons. The number of rotatable bonds is 9. The Morgan fingerprint density at radius 3 is 2.67 bits per heavy atom. The van der Waals surface area contributed by atoms with Crippen LogP contribution in [-0.4, -0.2) is 71.2 Å². The first-order valence-electron chi connectivity index (χ1n) is 15.2. The normalized spacial score (nSPS) is 24.8. The number of carbonyl (C=O) groups is 2. The lowest BCUT2D eigenvalue weighted by molar-refractivity contribution is -0.132. The third kappa shape index (κ3) is 6.74. The van der Waals surface area contributed by atoms with Crippen LogP contribution in [0.3, 0.4) is 0 Å². The van der Waals surface area contributed by atoms with Crippen molar-refractivity contribution >= 4 is 40.2 Å². The van der Waals surface area contributed by atoms with E-state index in [2.05, 4.69) is 17.0 Å². The maximum Gasteiger partial charge on any atom is 0.337 e. The number of carbonyl (C=O) groups excluding carboxylic acids is 2. The largest absolute Gasteiger partial charge is 0.490 e. The predicted octanol–water partition coefficient (Wildman–Crippen LogP) is 5.72. The lowest BCUT2D eigenvalue weighted by Gasteiger charge is -2.45. The number of aryl methyl sites for hydroxylation is 1. The predicted molar refractivity (Wildman–Crippen MR) is 169 cm³/mol. The molecule has 43 heavy (non-hydrogen) atoms. The van der Waals surface area contributed by atoms with Gasteiger partial charge in [0, 0.05) is 43.5 Å². The number of ether oxygens (including phenoxy) is 2. The van der Waals surface area contributed by atoms with Crippen molar-refractivity contribution < 1.29 is 27.8 Å². The van der Waals surface area contributed by atoms with Crippen LogP contribution in [0.25, 0.3) is 0 Å². The van der Waals surface area contributed by atoms with Gasteiger partial charge in [0.05, 0.1) is 30.2 Å². The second kappa shape index (κ2) is 13.2. The van der Waals surface area contributed by atoms with Crippen LogP contribution >= 0.6 is 11.6 Å². The van der Waals surface area contributed by atoms with Gasteiger partial charge in [0.2, 0.25) is 5.91 Å². The third-order valence-corrected chi connectivity index (χ3v) is 11.4. The molecule has 3 aliphatic rings. The van der Waals surface area contributed by atoms with Crippen LogP contribution in [-0.2, 0) is 32.4 Å². The van der Waals surface area contributed by atoms with Gasteiger partial charge in [0.15, 0.2) is 11.1 Å². The van der Waals surface area contributed by atoms with Crippen molar-refractivity contribution in [3.8, 4) is 5.75 Å². The van der Waals surface area contributed by atoms with E-state index in [0.717, 1.165) is 61.7 Å². The van der Waals surface area contributed by atoms with Gasteiger partial charge < -0.3 is 23.8 Å². The summed E-state index contributed by atoms with van der Waals surface area (Å²) in [4.78, 5) is 29.7. The molecule has 10 heteroatoms. The molecule has 8 nitrogen and oxygen atoms in total. The number of methoxy groups -OCH3 is 1. The molecule has 0 aromatic heterocycles. The molecule has 5 rings (SSSR count). The number of esters is 1. The van der Waals surface area contributed by atoms with E-state index in [1.165, 1.54) is 18.2 Å². The Labute approximate surface area is 262 Å². The van der Waals surface area contributed by atoms with Crippen LogP contribution in [0, 0.1) is 17.8 Å². The molecular weight excluding hydrogens is 588 g/mol. The zero-order chi connectivity index (χ0) is 30.9. The van der Waals surface area contributed by atoms with Gasteiger partial charge in [-0.3, -0.25) is 4.79 Å². The molecule has 0 radical (unpaired) electrons. The molecule has 2 aliphatic carbocycles. The smallest absolute Gasteiger partial charge is 0.337 e. The summed E-state index contributed by atoms with van der Waals surface area (Å²) in [6.07, 6.45) is 5.39. The summed E-state index contributed by atoms with van der Waals surface area (Å²) in [5, 5.41) is 0.292. The van der Waals surface area contributed by atoms with E-state index in [9.17, 15) is 18.4 Å². The number of hydrogen-bond donors (Lipinski definition) is 1. The number of anilines is 1. The van der Waals surface area contributed by atoms with Crippen LogP contribution in [0.15, 0.2) is 36.4 Å². The standard InChI is InChI=1S/C33H43ClN2O6S/c1-21(22(2)43(39)40)14-31(37)35(3)17-25-7-8-26(25)18-36-19-33(13-5-6-23-15-27(34)10-11-28(23)33)20-42-30-12-9-24(16-29(30)36)32(38)41-4/h9-12,15-16,21-22,25-26H,5-8,13-14,17-20H2,1-4H3,(H,39,40)/t21-,22-,25+,26+,33+/m1/s1. The molecule has 0 bridgehead atoms. The maximum atomic E-state index is 13.0. The van der Waals surface area contributed by atoms with Crippen molar-refractivity contribution in [1.82, 2.24) is 4.90 Å². The second-order valence-corrected chi connectivity index (χ2v) is 14.5. The minimum Gasteiger partial charge on any atom is -0.490 e. The summed E-state index contributed by atoms with van der Waals surface area (Å²) in [7, 11) is 3.23. The third-order valence-electron chi connectivity index (χ3n) is 10.0. The second-order valence-electron chi connectivity index (χ2n) is 12.8. The first-order chi connectivity index (χ1) is 20.5. The molecule has 1 spiro atoms. The van der Waals surface area contributed by atoms with Gasteiger partial charge >= 0.3 is 5.97 Å². The first-order valence-corrected chi connectivity index (χ1v) is 16.8. The Kier molecular flexibility index (Phi) is 9.73. The highest BCUT2D eigenvalue weighted by Crippen LogP contribution is 2.46. The summed E-state index contributed by atoms with van der Waals surface area (Å²) in [6.45, 7) is 6.30. The first kappa shape index (κ1) is 31.8. The lowest BCUT2D eigenvalue weighted by atomic mass is 9.69. The van der Waals surface area contributed by atoms with Crippen LogP contribution < -0.4 is 9.64 Å². The Bertz CT molecular complexity index is 1390. The highest BCUT2D eigenvalue weighted by Gasteiger charge is 2.43. The van der Waals surface area contributed by atoms with E-state index in [4.69, 9.17) is 21.1 Å². The van der Waals surface area contributed by atoms with Crippen LogP contribution in [0.4, 0.5) is 5.69 Å². The fourth-order valence-electron chi connectivity index (χ4n) is 7.01. The monoisotopic (exact) mass is 630 g/mol. The molecule has 2 aromatic rings. The minimum atomic E-state index is -1.95. The van der Waals surface area contributed by atoms with Crippen molar-refractivity contribution in [3.05, 3.63) is 58.1 Å². The van der Waals surface area contributed by atoms with E-state index < -0.39 is 16.3 Å². The highest BCUT2D eigenvalue weighted by atomic mass is 35.5. The van der Waals surface area contributed by atoms with Crippen molar-refractivity contribution in [2.75, 3.05) is 45.3 Å². The number of fused-ring (bicyclic) bond motifs is 3. The van der Waals surface area contributed by atoms with E-state index in [0.29, 0.717) is 30.6 Å². The van der Waals surface area contributed by atoms with Gasteiger partial charge in [-0.25, -0.2) is 9.00 Å². The number of amides is 1. The van der Waals surface area contributed by atoms with E-state index in [1.807, 2.05) is 32.2 Å². The molecule has 1 aliphatic heterocycles. The molecule has 1 amide bonds. The summed E-state index contributed by atoms with van der Waals surface area (Å²) >= 11 is 4.44. The molecule has 1 N–H and O–H groups in total. The fourth-order valence-corrected chi connectivity index (χ4v) is 7.70. The van der Waals surface area contributed by atoms with Gasteiger partial charge in [-0.15, -0.1) is 0 Å². The van der Waals surface area contributed by atoms with Crippen molar-refractivity contribution in [3.63, 3.8) is 0 Å². The number of halogens is 1. The number of hydrogen-bond acceptors (Lipinski definition) is 6. The topological polar surface area (TPSA) is 96.4 Å². The van der Waals surface area contributed by atoms with E-state index in [1.54, 1.807) is 17.9 Å². The van der Waals surface area contributed by atoms with Crippen LogP contribution in [0.1, 0.15) is 67.4 Å². The zero-order valence-electron chi connectivity index (χ0n) is 25.5. The maximum absolute atomic E-state index is 13.0. The zero-order valence-corrected chi connectivity index (χ0v) is 27.1. The average Bonchev–Trinajstić information content (AvgIpc) is 3.13. The number of benzene rings is 2. The van der Waals surface area contributed by atoms with Crippen LogP contribution in [0.5, 0.6) is 5.75 Å². The van der Waals surface area contributed by atoms with Gasteiger partial charge in [-0.2, -0.15) is 0 Å². The van der Waals surface area contributed by atoms with Crippen molar-refractivity contribution in [2.24, 2.45) is 17.8 Å². The molecule has 1 saturated carbocycles. The van der Waals surface area contributed by atoms with Crippen molar-refractivity contribution in [1.29, 1.82) is 0 Å². The summed E-state index contributed by atoms with van der Waals surface area (Å²) in [5.41, 5.74) is 3.74. The molecule has 1 heterocycles. The quantitative estimate of drug-likeness (QED) is 0.280. The van der Waals surface area contributed by atoms with Crippen molar-refractivity contribution in [2.45, 2.75) is 63.0 Å². The summed E-state index contributed by atoms with van der Waals surface area (Å²) in [6, 6.07) is 11.8. The Balaban J connectivity index is 1.38. The SMILES string of the molecule is COC(=O)c1ccc2c(c1)N(C[C@@H]1CC[C@H]1CN(C)C(=O)C[C@@H](C)[C@@H](C)S(=O)O)C[C@@]1(CCCc3cc(Cl)ccc31)CO2. The molecule has 6 atom stereocenters. The molecule has 1 fully saturated rings. The molecule has 2 aromatic carbocycles. The molecular formula is C33H43ClN2O6S. The van der Waals surface area contributed by atoms with Gasteiger partial charge in [0.1, 0.15) is 5.75 Å². The Morgan fingerprint density at radius 2 is 1.98 bits per heavy atom.